The normalized spacial score (nSPS) is 10.2. The summed E-state index contributed by atoms with van der Waals surface area (Å²) in [5.41, 5.74) is 0. The Hall–Kier alpha value is -1.82. The zero-order valence-electron chi connectivity index (χ0n) is 10.9. The van der Waals surface area contributed by atoms with Crippen molar-refractivity contribution in [3.63, 3.8) is 0 Å². The van der Waals surface area contributed by atoms with Gasteiger partial charge in [-0.25, -0.2) is 4.98 Å². The first-order valence-corrected chi connectivity index (χ1v) is 7.16. The lowest BCUT2D eigenvalue weighted by Crippen LogP contribution is -2.29. The van der Waals surface area contributed by atoms with E-state index in [9.17, 15) is 4.79 Å². The average molecular weight is 338 g/mol. The molecule has 0 aliphatic carbocycles. The highest BCUT2D eigenvalue weighted by Crippen LogP contribution is 2.15. The van der Waals surface area contributed by atoms with E-state index in [4.69, 9.17) is 4.74 Å². The number of hydrogen-bond donors (Lipinski definition) is 2. The molecule has 0 aliphatic heterocycles. The lowest BCUT2D eigenvalue weighted by Gasteiger charge is -2.07. The largest absolute Gasteiger partial charge is 0.484 e. The number of H-pyrrole nitrogens is 1. The minimum atomic E-state index is -0.118. The average Bonchev–Trinajstić information content (AvgIpc) is 2.96. The Balaban J connectivity index is 1.59. The molecule has 0 spiro atoms. The predicted molar refractivity (Wildman–Crippen MR) is 79.6 cm³/mol. The zero-order chi connectivity index (χ0) is 14.2. The van der Waals surface area contributed by atoms with Crippen molar-refractivity contribution >= 4 is 21.8 Å². The fourth-order valence-corrected chi connectivity index (χ4v) is 1.91. The van der Waals surface area contributed by atoms with Crippen LogP contribution in [0.25, 0.3) is 0 Å². The number of hydrogen-bond acceptors (Lipinski definition) is 3. The molecule has 0 unspecified atom stereocenters. The molecule has 0 atom stereocenters. The number of amides is 1. The van der Waals surface area contributed by atoms with Crippen LogP contribution in [0.5, 0.6) is 5.75 Å². The van der Waals surface area contributed by atoms with E-state index in [1.807, 2.05) is 24.3 Å². The molecule has 2 rings (SSSR count). The van der Waals surface area contributed by atoms with E-state index in [0.29, 0.717) is 12.3 Å². The molecule has 1 heterocycles. The van der Waals surface area contributed by atoms with Crippen molar-refractivity contribution in [3.05, 3.63) is 47.0 Å². The van der Waals surface area contributed by atoms with Crippen LogP contribution in [0.2, 0.25) is 0 Å². The van der Waals surface area contributed by atoms with Gasteiger partial charge < -0.3 is 15.0 Å². The number of nitrogens with one attached hydrogen (secondary N) is 2. The maximum Gasteiger partial charge on any atom is 0.257 e. The smallest absolute Gasteiger partial charge is 0.257 e. The molecule has 20 heavy (non-hydrogen) atoms. The maximum atomic E-state index is 11.6. The number of aryl methyl sites for hydroxylation is 1. The first-order valence-electron chi connectivity index (χ1n) is 6.37. The highest BCUT2D eigenvalue weighted by atomic mass is 79.9. The van der Waals surface area contributed by atoms with Crippen molar-refractivity contribution in [2.24, 2.45) is 0 Å². The highest BCUT2D eigenvalue weighted by molar-refractivity contribution is 9.10. The summed E-state index contributed by atoms with van der Waals surface area (Å²) >= 11 is 3.34. The van der Waals surface area contributed by atoms with E-state index in [1.54, 1.807) is 12.4 Å². The molecule has 0 saturated heterocycles. The number of benzene rings is 1. The number of ether oxygens (including phenoxy) is 1. The SMILES string of the molecule is O=C(COc1ccc(Br)cc1)NCCCc1ncc[nH]1. The van der Waals surface area contributed by atoms with Gasteiger partial charge in [-0.2, -0.15) is 0 Å². The Morgan fingerprint density at radius 1 is 1.35 bits per heavy atom. The summed E-state index contributed by atoms with van der Waals surface area (Å²) in [5, 5.41) is 2.81. The summed E-state index contributed by atoms with van der Waals surface area (Å²) < 4.78 is 6.35. The lowest BCUT2D eigenvalue weighted by atomic mass is 10.3. The van der Waals surface area contributed by atoms with Gasteiger partial charge in [-0.3, -0.25) is 4.79 Å². The third kappa shape index (κ3) is 5.05. The molecule has 0 fully saturated rings. The molecule has 0 saturated carbocycles. The zero-order valence-corrected chi connectivity index (χ0v) is 12.5. The van der Waals surface area contributed by atoms with Gasteiger partial charge in [0.1, 0.15) is 11.6 Å². The molecule has 2 aromatic rings. The van der Waals surface area contributed by atoms with Gasteiger partial charge in [0, 0.05) is 29.8 Å². The monoisotopic (exact) mass is 337 g/mol. The van der Waals surface area contributed by atoms with Crippen molar-refractivity contribution < 1.29 is 9.53 Å². The van der Waals surface area contributed by atoms with Gasteiger partial charge in [-0.05, 0) is 30.7 Å². The molecule has 0 aliphatic rings. The Morgan fingerprint density at radius 2 is 2.15 bits per heavy atom. The van der Waals surface area contributed by atoms with Crippen LogP contribution in [0.1, 0.15) is 12.2 Å². The number of carbonyl (C=O) groups is 1. The fraction of sp³-hybridized carbons (Fsp3) is 0.286. The summed E-state index contributed by atoms with van der Waals surface area (Å²) in [7, 11) is 0. The molecule has 6 heteroatoms. The van der Waals surface area contributed by atoms with Crippen molar-refractivity contribution in [2.45, 2.75) is 12.8 Å². The Bertz CT molecular complexity index is 526. The quantitative estimate of drug-likeness (QED) is 0.762. The summed E-state index contributed by atoms with van der Waals surface area (Å²) in [5.74, 6) is 1.50. The van der Waals surface area contributed by atoms with Crippen LogP contribution in [0.4, 0.5) is 0 Å². The molecular weight excluding hydrogens is 322 g/mol. The molecule has 1 amide bonds. The van der Waals surface area contributed by atoms with Gasteiger partial charge in [-0.15, -0.1) is 0 Å². The summed E-state index contributed by atoms with van der Waals surface area (Å²) in [6, 6.07) is 7.37. The molecule has 1 aromatic carbocycles. The van der Waals surface area contributed by atoms with Crippen LogP contribution >= 0.6 is 15.9 Å². The number of imidazole rings is 1. The topological polar surface area (TPSA) is 67.0 Å². The minimum absolute atomic E-state index is 0.0301. The van der Waals surface area contributed by atoms with Gasteiger partial charge >= 0.3 is 0 Å². The Labute approximate surface area is 125 Å². The number of aromatic nitrogens is 2. The van der Waals surface area contributed by atoms with Gasteiger partial charge in [0.25, 0.3) is 5.91 Å². The Morgan fingerprint density at radius 3 is 2.85 bits per heavy atom. The number of rotatable bonds is 7. The molecule has 0 radical (unpaired) electrons. The van der Waals surface area contributed by atoms with Crippen LogP contribution < -0.4 is 10.1 Å². The van der Waals surface area contributed by atoms with Crippen LogP contribution in [-0.4, -0.2) is 29.0 Å². The summed E-state index contributed by atoms with van der Waals surface area (Å²) in [6.07, 6.45) is 5.18. The standard InChI is InChI=1S/C14H16BrN3O2/c15-11-3-5-12(6-4-11)20-10-14(19)18-7-1-2-13-16-8-9-17-13/h3-6,8-9H,1-2,7,10H2,(H,16,17)(H,18,19). The van der Waals surface area contributed by atoms with E-state index < -0.39 is 0 Å². The third-order valence-electron chi connectivity index (χ3n) is 2.65. The van der Waals surface area contributed by atoms with Crippen LogP contribution in [0.15, 0.2) is 41.1 Å². The third-order valence-corrected chi connectivity index (χ3v) is 3.18. The van der Waals surface area contributed by atoms with Crippen LogP contribution in [0, 0.1) is 0 Å². The van der Waals surface area contributed by atoms with E-state index in [-0.39, 0.29) is 12.5 Å². The predicted octanol–water partition coefficient (Wildman–Crippen LogP) is 2.30. The van der Waals surface area contributed by atoms with Gasteiger partial charge in [0.2, 0.25) is 0 Å². The Kier molecular flexibility index (Phi) is 5.61. The molecular formula is C14H16BrN3O2. The van der Waals surface area contributed by atoms with E-state index in [2.05, 4.69) is 31.2 Å². The number of carbonyl (C=O) groups excluding carboxylic acids is 1. The van der Waals surface area contributed by atoms with Crippen molar-refractivity contribution in [2.75, 3.05) is 13.2 Å². The van der Waals surface area contributed by atoms with E-state index in [1.165, 1.54) is 0 Å². The summed E-state index contributed by atoms with van der Waals surface area (Å²) in [4.78, 5) is 18.7. The van der Waals surface area contributed by atoms with Gasteiger partial charge in [0.15, 0.2) is 6.61 Å². The minimum Gasteiger partial charge on any atom is -0.484 e. The first-order chi connectivity index (χ1) is 9.74. The number of halogens is 1. The lowest BCUT2D eigenvalue weighted by molar-refractivity contribution is -0.123. The van der Waals surface area contributed by atoms with Crippen LogP contribution in [0.3, 0.4) is 0 Å². The second kappa shape index (κ2) is 7.69. The van der Waals surface area contributed by atoms with E-state index in [0.717, 1.165) is 23.1 Å². The first kappa shape index (κ1) is 14.6. The van der Waals surface area contributed by atoms with Crippen molar-refractivity contribution in [1.29, 1.82) is 0 Å². The second-order valence-corrected chi connectivity index (χ2v) is 5.15. The number of nitrogens with zero attached hydrogens (tertiary/aromatic N) is 1. The second-order valence-electron chi connectivity index (χ2n) is 4.23. The maximum absolute atomic E-state index is 11.6. The van der Waals surface area contributed by atoms with Crippen molar-refractivity contribution in [1.82, 2.24) is 15.3 Å². The fourth-order valence-electron chi connectivity index (χ4n) is 1.65. The molecule has 106 valence electrons. The summed E-state index contributed by atoms with van der Waals surface area (Å²) in [6.45, 7) is 0.644. The van der Waals surface area contributed by atoms with Gasteiger partial charge in [-0.1, -0.05) is 15.9 Å². The van der Waals surface area contributed by atoms with E-state index >= 15 is 0 Å². The molecule has 5 nitrogen and oxygen atoms in total. The molecule has 2 N–H and O–H groups in total. The van der Waals surface area contributed by atoms with Gasteiger partial charge in [0.05, 0.1) is 0 Å². The number of aromatic amines is 1. The highest BCUT2D eigenvalue weighted by Gasteiger charge is 2.02. The van der Waals surface area contributed by atoms with Crippen LogP contribution in [-0.2, 0) is 11.2 Å². The van der Waals surface area contributed by atoms with Crippen molar-refractivity contribution in [3.8, 4) is 5.75 Å². The molecule has 1 aromatic heterocycles. The molecule has 0 bridgehead atoms.